The maximum Gasteiger partial charge on any atom is 0.225 e. The normalized spacial score (nSPS) is 17.6. The van der Waals surface area contributed by atoms with Gasteiger partial charge in [0.2, 0.25) is 5.95 Å². The minimum absolute atomic E-state index is 0.413. The van der Waals surface area contributed by atoms with Crippen LogP contribution in [0.2, 0.25) is 0 Å². The van der Waals surface area contributed by atoms with Gasteiger partial charge in [-0.25, -0.2) is 4.98 Å². The van der Waals surface area contributed by atoms with Crippen molar-refractivity contribution in [2.45, 2.75) is 6.42 Å². The third kappa shape index (κ3) is 2.85. The SMILES string of the molecule is COc1cc2nc(NC[C@@H]3CCOC3)nc(N)c2cc1OC. The zero-order valence-corrected chi connectivity index (χ0v) is 12.8. The van der Waals surface area contributed by atoms with E-state index in [0.717, 1.165) is 37.1 Å². The Morgan fingerprint density at radius 2 is 2.05 bits per heavy atom. The second-order valence-electron chi connectivity index (χ2n) is 5.27. The van der Waals surface area contributed by atoms with E-state index in [0.29, 0.717) is 29.2 Å². The van der Waals surface area contributed by atoms with Gasteiger partial charge in [0, 0.05) is 30.5 Å². The van der Waals surface area contributed by atoms with Crippen LogP contribution in [-0.4, -0.2) is 43.9 Å². The van der Waals surface area contributed by atoms with Crippen LogP contribution in [0.1, 0.15) is 6.42 Å². The summed E-state index contributed by atoms with van der Waals surface area (Å²) in [4.78, 5) is 8.81. The molecule has 0 spiro atoms. The van der Waals surface area contributed by atoms with E-state index in [1.807, 2.05) is 0 Å². The predicted octanol–water partition coefficient (Wildman–Crippen LogP) is 1.68. The molecule has 0 unspecified atom stereocenters. The summed E-state index contributed by atoms with van der Waals surface area (Å²) in [6, 6.07) is 3.59. The number of fused-ring (bicyclic) bond motifs is 1. The summed E-state index contributed by atoms with van der Waals surface area (Å²) in [5.41, 5.74) is 6.76. The molecule has 1 aliphatic heterocycles. The van der Waals surface area contributed by atoms with E-state index < -0.39 is 0 Å². The van der Waals surface area contributed by atoms with E-state index in [-0.39, 0.29) is 0 Å². The lowest BCUT2D eigenvalue weighted by atomic mass is 10.1. The number of nitrogens with two attached hydrogens (primary N) is 1. The number of hydrogen-bond acceptors (Lipinski definition) is 7. The Balaban J connectivity index is 1.89. The number of methoxy groups -OCH3 is 2. The summed E-state index contributed by atoms with van der Waals surface area (Å²) in [5.74, 6) is 2.64. The van der Waals surface area contributed by atoms with Gasteiger partial charge in [0.1, 0.15) is 5.82 Å². The maximum atomic E-state index is 6.04. The van der Waals surface area contributed by atoms with Gasteiger partial charge in [0.15, 0.2) is 11.5 Å². The third-order valence-electron chi connectivity index (χ3n) is 3.80. The van der Waals surface area contributed by atoms with E-state index >= 15 is 0 Å². The Bertz CT molecular complexity index is 671. The summed E-state index contributed by atoms with van der Waals surface area (Å²) < 4.78 is 15.9. The van der Waals surface area contributed by atoms with Gasteiger partial charge < -0.3 is 25.3 Å². The molecule has 0 bridgehead atoms. The Labute approximate surface area is 128 Å². The minimum Gasteiger partial charge on any atom is -0.493 e. The van der Waals surface area contributed by atoms with Crippen molar-refractivity contribution in [3.8, 4) is 11.5 Å². The molecule has 1 aromatic heterocycles. The zero-order valence-electron chi connectivity index (χ0n) is 12.8. The van der Waals surface area contributed by atoms with Crippen molar-refractivity contribution in [2.24, 2.45) is 5.92 Å². The van der Waals surface area contributed by atoms with Gasteiger partial charge in [-0.15, -0.1) is 0 Å². The van der Waals surface area contributed by atoms with Crippen LogP contribution >= 0.6 is 0 Å². The molecule has 2 aromatic rings. The van der Waals surface area contributed by atoms with Gasteiger partial charge in [0.25, 0.3) is 0 Å². The van der Waals surface area contributed by atoms with Crippen LogP contribution in [0.5, 0.6) is 11.5 Å². The van der Waals surface area contributed by atoms with Gasteiger partial charge in [0.05, 0.1) is 26.3 Å². The molecule has 1 atom stereocenters. The average Bonchev–Trinajstić information content (AvgIpc) is 3.05. The van der Waals surface area contributed by atoms with E-state index in [4.69, 9.17) is 19.9 Å². The summed E-state index contributed by atoms with van der Waals surface area (Å²) in [6.45, 7) is 2.38. The quantitative estimate of drug-likeness (QED) is 0.868. The van der Waals surface area contributed by atoms with Crippen molar-refractivity contribution >= 4 is 22.7 Å². The van der Waals surface area contributed by atoms with Gasteiger partial charge in [-0.05, 0) is 12.5 Å². The van der Waals surface area contributed by atoms with Gasteiger partial charge in [-0.3, -0.25) is 0 Å². The van der Waals surface area contributed by atoms with Crippen LogP contribution in [0.3, 0.4) is 0 Å². The number of nitrogen functional groups attached to an aromatic ring is 1. The molecule has 1 aliphatic rings. The lowest BCUT2D eigenvalue weighted by Crippen LogP contribution is -2.16. The molecular formula is C15H20N4O3. The van der Waals surface area contributed by atoms with Gasteiger partial charge in [-0.1, -0.05) is 0 Å². The first-order chi connectivity index (χ1) is 10.7. The summed E-state index contributed by atoms with van der Waals surface area (Å²) in [5, 5.41) is 3.97. The number of ether oxygens (including phenoxy) is 3. The van der Waals surface area contributed by atoms with Crippen molar-refractivity contribution in [3.63, 3.8) is 0 Å². The molecule has 7 heteroatoms. The molecule has 7 nitrogen and oxygen atoms in total. The highest BCUT2D eigenvalue weighted by Gasteiger charge is 2.16. The largest absolute Gasteiger partial charge is 0.493 e. The monoisotopic (exact) mass is 304 g/mol. The highest BCUT2D eigenvalue weighted by molar-refractivity contribution is 5.91. The number of aromatic nitrogens is 2. The molecule has 2 heterocycles. The number of anilines is 2. The second kappa shape index (κ2) is 6.23. The maximum absolute atomic E-state index is 6.04. The van der Waals surface area contributed by atoms with Crippen molar-refractivity contribution in [3.05, 3.63) is 12.1 Å². The Morgan fingerprint density at radius 3 is 2.73 bits per heavy atom. The first-order valence-electron chi connectivity index (χ1n) is 7.22. The second-order valence-corrected chi connectivity index (χ2v) is 5.27. The highest BCUT2D eigenvalue weighted by Crippen LogP contribution is 2.33. The number of hydrogen-bond donors (Lipinski definition) is 2. The number of rotatable bonds is 5. The van der Waals surface area contributed by atoms with E-state index in [1.54, 1.807) is 26.4 Å². The molecule has 3 rings (SSSR count). The van der Waals surface area contributed by atoms with Crippen LogP contribution in [0.25, 0.3) is 10.9 Å². The van der Waals surface area contributed by atoms with E-state index in [2.05, 4.69) is 15.3 Å². The lowest BCUT2D eigenvalue weighted by molar-refractivity contribution is 0.187. The van der Waals surface area contributed by atoms with E-state index in [9.17, 15) is 0 Å². The summed E-state index contributed by atoms with van der Waals surface area (Å²) >= 11 is 0. The molecule has 1 aromatic carbocycles. The molecule has 118 valence electrons. The fourth-order valence-electron chi connectivity index (χ4n) is 2.54. The van der Waals surface area contributed by atoms with Gasteiger partial charge >= 0.3 is 0 Å². The van der Waals surface area contributed by atoms with Crippen LogP contribution in [-0.2, 0) is 4.74 Å². The van der Waals surface area contributed by atoms with Gasteiger partial charge in [-0.2, -0.15) is 4.98 Å². The van der Waals surface area contributed by atoms with Crippen LogP contribution in [0.15, 0.2) is 12.1 Å². The van der Waals surface area contributed by atoms with Crippen molar-refractivity contribution < 1.29 is 14.2 Å². The third-order valence-corrected chi connectivity index (χ3v) is 3.80. The van der Waals surface area contributed by atoms with E-state index in [1.165, 1.54) is 0 Å². The van der Waals surface area contributed by atoms with Crippen LogP contribution in [0.4, 0.5) is 11.8 Å². The molecule has 0 radical (unpaired) electrons. The fourth-order valence-corrected chi connectivity index (χ4v) is 2.54. The molecule has 0 saturated carbocycles. The standard InChI is InChI=1S/C15H20N4O3/c1-20-12-5-10-11(6-13(12)21-2)18-15(19-14(10)16)17-7-9-3-4-22-8-9/h5-6,9H,3-4,7-8H2,1-2H3,(H3,16,17,18,19)/t9-/m0/s1. The average molecular weight is 304 g/mol. The summed E-state index contributed by atoms with van der Waals surface area (Å²) in [7, 11) is 3.17. The van der Waals surface area contributed by atoms with Crippen LogP contribution < -0.4 is 20.5 Å². The first kappa shape index (κ1) is 14.6. The molecule has 22 heavy (non-hydrogen) atoms. The Morgan fingerprint density at radius 1 is 1.27 bits per heavy atom. The molecule has 3 N–H and O–H groups in total. The number of nitrogens with one attached hydrogen (secondary N) is 1. The van der Waals surface area contributed by atoms with Crippen molar-refractivity contribution in [1.82, 2.24) is 9.97 Å². The van der Waals surface area contributed by atoms with Crippen LogP contribution in [0, 0.1) is 5.92 Å². The Kier molecular flexibility index (Phi) is 4.15. The predicted molar refractivity (Wildman–Crippen MR) is 84.5 cm³/mol. The Hall–Kier alpha value is -2.28. The number of nitrogens with zero attached hydrogens (tertiary/aromatic N) is 2. The lowest BCUT2D eigenvalue weighted by Gasteiger charge is -2.13. The van der Waals surface area contributed by atoms with Crippen molar-refractivity contribution in [1.29, 1.82) is 0 Å². The molecule has 0 amide bonds. The van der Waals surface area contributed by atoms with Crippen molar-refractivity contribution in [2.75, 3.05) is 45.0 Å². The zero-order chi connectivity index (χ0) is 15.5. The molecular weight excluding hydrogens is 284 g/mol. The molecule has 0 aliphatic carbocycles. The minimum atomic E-state index is 0.413. The molecule has 1 saturated heterocycles. The smallest absolute Gasteiger partial charge is 0.225 e. The molecule has 1 fully saturated rings. The topological polar surface area (TPSA) is 91.5 Å². The summed E-state index contributed by atoms with van der Waals surface area (Å²) in [6.07, 6.45) is 1.06. The number of benzene rings is 1. The first-order valence-corrected chi connectivity index (χ1v) is 7.22. The highest BCUT2D eigenvalue weighted by atomic mass is 16.5. The fraction of sp³-hybridized carbons (Fsp3) is 0.467.